The molecule has 0 aliphatic rings. The van der Waals surface area contributed by atoms with Gasteiger partial charge in [0, 0.05) is 17.0 Å². The molecular formula is C15H16FNO3S. The van der Waals surface area contributed by atoms with Gasteiger partial charge >= 0.3 is 5.97 Å². The van der Waals surface area contributed by atoms with Crippen LogP contribution in [0.3, 0.4) is 0 Å². The number of phenolic OH excluding ortho intramolecular Hbond substituents is 1. The number of carbonyl (C=O) groups is 1. The lowest BCUT2D eigenvalue weighted by molar-refractivity contribution is -0.148. The van der Waals surface area contributed by atoms with Crippen LogP contribution >= 0.6 is 11.3 Å². The minimum Gasteiger partial charge on any atom is -0.508 e. The van der Waals surface area contributed by atoms with Crippen LogP contribution in [-0.4, -0.2) is 22.7 Å². The first-order valence-corrected chi connectivity index (χ1v) is 7.36. The molecule has 0 unspecified atom stereocenters. The molecule has 1 aromatic heterocycles. The van der Waals surface area contributed by atoms with Gasteiger partial charge in [-0.25, -0.2) is 9.37 Å². The van der Waals surface area contributed by atoms with Crippen LogP contribution in [0.5, 0.6) is 5.75 Å². The van der Waals surface area contributed by atoms with Crippen LogP contribution in [0.15, 0.2) is 23.6 Å². The van der Waals surface area contributed by atoms with Gasteiger partial charge in [-0.1, -0.05) is 0 Å². The number of rotatable bonds is 4. The third kappa shape index (κ3) is 3.05. The van der Waals surface area contributed by atoms with Crippen molar-refractivity contribution in [3.63, 3.8) is 0 Å². The van der Waals surface area contributed by atoms with Crippen LogP contribution in [0.4, 0.5) is 4.39 Å². The third-order valence-corrected chi connectivity index (χ3v) is 3.99. The number of phenols is 1. The summed E-state index contributed by atoms with van der Waals surface area (Å²) in [4.78, 5) is 16.3. The molecule has 1 heterocycles. The van der Waals surface area contributed by atoms with E-state index in [1.807, 2.05) is 0 Å². The van der Waals surface area contributed by atoms with Crippen molar-refractivity contribution in [2.45, 2.75) is 26.2 Å². The molecule has 4 nitrogen and oxygen atoms in total. The number of carbonyl (C=O) groups excluding carboxylic acids is 1. The van der Waals surface area contributed by atoms with Crippen molar-refractivity contribution < 1.29 is 19.0 Å². The smallest absolute Gasteiger partial charge is 0.317 e. The van der Waals surface area contributed by atoms with E-state index in [0.29, 0.717) is 22.9 Å². The van der Waals surface area contributed by atoms with E-state index in [4.69, 9.17) is 4.74 Å². The highest BCUT2D eigenvalue weighted by Crippen LogP contribution is 2.33. The molecule has 0 saturated heterocycles. The number of hydrogen-bond acceptors (Lipinski definition) is 5. The van der Waals surface area contributed by atoms with Crippen molar-refractivity contribution in [2.75, 3.05) is 6.61 Å². The van der Waals surface area contributed by atoms with Gasteiger partial charge in [0.25, 0.3) is 0 Å². The van der Waals surface area contributed by atoms with Crippen molar-refractivity contribution in [1.82, 2.24) is 4.98 Å². The summed E-state index contributed by atoms with van der Waals surface area (Å²) in [5.41, 5.74) is -0.0600. The quantitative estimate of drug-likeness (QED) is 0.878. The third-order valence-electron chi connectivity index (χ3n) is 3.11. The van der Waals surface area contributed by atoms with Crippen molar-refractivity contribution >= 4 is 17.3 Å². The van der Waals surface area contributed by atoms with Crippen molar-refractivity contribution in [1.29, 1.82) is 0 Å². The average molecular weight is 309 g/mol. The highest BCUT2D eigenvalue weighted by Gasteiger charge is 2.34. The van der Waals surface area contributed by atoms with Crippen LogP contribution in [0.2, 0.25) is 0 Å². The Bertz CT molecular complexity index is 667. The highest BCUT2D eigenvalue weighted by atomic mass is 32.1. The van der Waals surface area contributed by atoms with Gasteiger partial charge in [-0.2, -0.15) is 0 Å². The molecule has 1 aromatic carbocycles. The van der Waals surface area contributed by atoms with Crippen molar-refractivity contribution in [2.24, 2.45) is 0 Å². The van der Waals surface area contributed by atoms with E-state index in [2.05, 4.69) is 4.98 Å². The largest absolute Gasteiger partial charge is 0.508 e. The first-order chi connectivity index (χ1) is 9.86. The number of hydrogen-bond donors (Lipinski definition) is 1. The lowest BCUT2D eigenvalue weighted by Gasteiger charge is -2.19. The minimum absolute atomic E-state index is 0.139. The van der Waals surface area contributed by atoms with Crippen LogP contribution in [0, 0.1) is 5.82 Å². The van der Waals surface area contributed by atoms with E-state index in [1.54, 1.807) is 26.2 Å². The summed E-state index contributed by atoms with van der Waals surface area (Å²) in [5, 5.41) is 11.4. The normalized spacial score (nSPS) is 11.4. The summed E-state index contributed by atoms with van der Waals surface area (Å²) in [5.74, 6) is -1.06. The van der Waals surface area contributed by atoms with Crippen LogP contribution in [0.1, 0.15) is 26.5 Å². The van der Waals surface area contributed by atoms with E-state index in [-0.39, 0.29) is 11.7 Å². The second-order valence-corrected chi connectivity index (χ2v) is 5.91. The molecule has 2 rings (SSSR count). The maximum absolute atomic E-state index is 13.8. The second-order valence-electron chi connectivity index (χ2n) is 5.05. The molecule has 0 spiro atoms. The van der Waals surface area contributed by atoms with Crippen molar-refractivity contribution in [3.05, 3.63) is 35.1 Å². The van der Waals surface area contributed by atoms with Gasteiger partial charge in [0.2, 0.25) is 0 Å². The van der Waals surface area contributed by atoms with Crippen LogP contribution in [-0.2, 0) is 14.9 Å². The number of benzene rings is 1. The van der Waals surface area contributed by atoms with Gasteiger partial charge in [-0.05, 0) is 32.9 Å². The number of halogens is 1. The fourth-order valence-electron chi connectivity index (χ4n) is 1.78. The lowest BCUT2D eigenvalue weighted by Crippen LogP contribution is -2.31. The minimum atomic E-state index is -0.891. The number of nitrogens with zero attached hydrogens (tertiary/aromatic N) is 1. The van der Waals surface area contributed by atoms with Gasteiger partial charge in [-0.3, -0.25) is 4.79 Å². The zero-order valence-electron chi connectivity index (χ0n) is 12.0. The van der Waals surface area contributed by atoms with Crippen LogP contribution < -0.4 is 0 Å². The van der Waals surface area contributed by atoms with Crippen molar-refractivity contribution in [3.8, 4) is 16.3 Å². The molecular weight excluding hydrogens is 293 g/mol. The zero-order chi connectivity index (χ0) is 15.6. The summed E-state index contributed by atoms with van der Waals surface area (Å²) < 4.78 is 18.9. The molecule has 0 aliphatic heterocycles. The predicted octanol–water partition coefficient (Wildman–Crippen LogP) is 3.50. The Balaban J connectivity index is 2.35. The van der Waals surface area contributed by atoms with Gasteiger partial charge in [-0.15, -0.1) is 11.3 Å². The first kappa shape index (κ1) is 15.4. The Labute approximate surface area is 126 Å². The fraction of sp³-hybridized carbons (Fsp3) is 0.333. The molecule has 0 bridgehead atoms. The Morgan fingerprint density at radius 1 is 1.48 bits per heavy atom. The Morgan fingerprint density at radius 2 is 2.19 bits per heavy atom. The average Bonchev–Trinajstić information content (AvgIpc) is 2.89. The SMILES string of the molecule is CCOC(=O)C(C)(C)c1csc(-c2ccc(O)cc2F)n1. The summed E-state index contributed by atoms with van der Waals surface area (Å²) >= 11 is 1.24. The number of thiazole rings is 1. The molecule has 0 atom stereocenters. The fourth-order valence-corrected chi connectivity index (χ4v) is 2.79. The molecule has 0 amide bonds. The second kappa shape index (κ2) is 5.81. The molecule has 0 radical (unpaired) electrons. The Morgan fingerprint density at radius 3 is 2.81 bits per heavy atom. The molecule has 6 heteroatoms. The lowest BCUT2D eigenvalue weighted by atomic mass is 9.90. The molecule has 0 aliphatic carbocycles. The molecule has 112 valence electrons. The van der Waals surface area contributed by atoms with Crippen LogP contribution in [0.25, 0.3) is 10.6 Å². The van der Waals surface area contributed by atoms with Gasteiger partial charge in [0.05, 0.1) is 12.3 Å². The van der Waals surface area contributed by atoms with Gasteiger partial charge in [0.1, 0.15) is 22.0 Å². The highest BCUT2D eigenvalue weighted by molar-refractivity contribution is 7.13. The number of aromatic nitrogens is 1. The van der Waals surface area contributed by atoms with E-state index in [0.717, 1.165) is 6.07 Å². The number of aromatic hydroxyl groups is 1. The maximum Gasteiger partial charge on any atom is 0.317 e. The summed E-state index contributed by atoms with van der Waals surface area (Å²) in [7, 11) is 0. The molecule has 1 N–H and O–H groups in total. The van der Waals surface area contributed by atoms with Gasteiger partial charge < -0.3 is 9.84 Å². The standard InChI is InChI=1S/C15H16FNO3S/c1-4-20-14(19)15(2,3)12-8-21-13(17-12)10-6-5-9(18)7-11(10)16/h5-8,18H,4H2,1-3H3. The zero-order valence-corrected chi connectivity index (χ0v) is 12.8. The first-order valence-electron chi connectivity index (χ1n) is 6.48. The summed E-state index contributed by atoms with van der Waals surface area (Å²) in [6, 6.07) is 3.90. The maximum atomic E-state index is 13.8. The predicted molar refractivity (Wildman–Crippen MR) is 78.8 cm³/mol. The molecule has 2 aromatic rings. The van der Waals surface area contributed by atoms with E-state index >= 15 is 0 Å². The number of esters is 1. The monoisotopic (exact) mass is 309 g/mol. The van der Waals surface area contributed by atoms with Gasteiger partial charge in [0.15, 0.2) is 0 Å². The molecule has 21 heavy (non-hydrogen) atoms. The van der Waals surface area contributed by atoms with E-state index in [1.165, 1.54) is 23.5 Å². The topological polar surface area (TPSA) is 59.4 Å². The van der Waals surface area contributed by atoms with E-state index in [9.17, 15) is 14.3 Å². The summed E-state index contributed by atoms with van der Waals surface area (Å²) in [6.07, 6.45) is 0. The molecule has 0 fully saturated rings. The Kier molecular flexibility index (Phi) is 4.27. The molecule has 0 saturated carbocycles. The number of ether oxygens (including phenoxy) is 1. The summed E-state index contributed by atoms with van der Waals surface area (Å²) in [6.45, 7) is 5.48. The Hall–Kier alpha value is -1.95. The van der Waals surface area contributed by atoms with E-state index < -0.39 is 11.2 Å².